The lowest BCUT2D eigenvalue weighted by molar-refractivity contribution is -0.136. The number of ether oxygens (including phenoxy) is 1. The first kappa shape index (κ1) is 22.7. The molecule has 4 rings (SSSR count). The molecular formula is C25H35N5O2. The van der Waals surface area contributed by atoms with E-state index in [1.807, 2.05) is 31.6 Å². The number of piperidine rings is 1. The Morgan fingerprint density at radius 1 is 1.25 bits per heavy atom. The Morgan fingerprint density at radius 2 is 2.06 bits per heavy atom. The summed E-state index contributed by atoms with van der Waals surface area (Å²) < 4.78 is 5.24. The SMILES string of the molecule is COc1ccc(CN(C)CC(=O)N2CCCCC2C2NNCC2c2ccncc2C)cc1. The summed E-state index contributed by atoms with van der Waals surface area (Å²) in [4.78, 5) is 21.9. The maximum absolute atomic E-state index is 13.4. The number of nitrogens with zero attached hydrogens (tertiary/aromatic N) is 3. The number of carbonyl (C=O) groups is 1. The van der Waals surface area contributed by atoms with Gasteiger partial charge < -0.3 is 9.64 Å². The molecule has 1 aromatic heterocycles. The zero-order chi connectivity index (χ0) is 22.5. The fraction of sp³-hybridized carbons (Fsp3) is 0.520. The van der Waals surface area contributed by atoms with Gasteiger partial charge >= 0.3 is 0 Å². The second kappa shape index (κ2) is 10.4. The topological polar surface area (TPSA) is 69.7 Å². The Morgan fingerprint density at radius 3 is 2.81 bits per heavy atom. The van der Waals surface area contributed by atoms with E-state index in [0.717, 1.165) is 44.6 Å². The van der Waals surface area contributed by atoms with E-state index in [-0.39, 0.29) is 18.0 Å². The maximum atomic E-state index is 13.4. The van der Waals surface area contributed by atoms with E-state index in [2.05, 4.69) is 50.8 Å². The molecule has 2 aliphatic rings. The van der Waals surface area contributed by atoms with Crippen LogP contribution in [-0.4, -0.2) is 66.6 Å². The second-order valence-electron chi connectivity index (χ2n) is 9.06. The number of hydrazine groups is 1. The summed E-state index contributed by atoms with van der Waals surface area (Å²) in [6.45, 7) is 4.97. The van der Waals surface area contributed by atoms with Crippen molar-refractivity contribution in [2.45, 2.75) is 50.7 Å². The highest BCUT2D eigenvalue weighted by Crippen LogP contribution is 2.32. The lowest BCUT2D eigenvalue weighted by atomic mass is 9.83. The van der Waals surface area contributed by atoms with E-state index in [0.29, 0.717) is 12.5 Å². The van der Waals surface area contributed by atoms with Crippen LogP contribution in [0.3, 0.4) is 0 Å². The van der Waals surface area contributed by atoms with Crippen LogP contribution in [0.15, 0.2) is 42.7 Å². The monoisotopic (exact) mass is 437 g/mol. The van der Waals surface area contributed by atoms with E-state index in [9.17, 15) is 4.79 Å². The minimum atomic E-state index is 0.193. The highest BCUT2D eigenvalue weighted by molar-refractivity contribution is 5.78. The molecule has 172 valence electrons. The molecule has 3 unspecified atom stereocenters. The molecule has 0 spiro atoms. The quantitative estimate of drug-likeness (QED) is 0.694. The van der Waals surface area contributed by atoms with Gasteiger partial charge in [-0.25, -0.2) is 0 Å². The van der Waals surface area contributed by atoms with Gasteiger partial charge in [0.15, 0.2) is 0 Å². The number of hydrogen-bond donors (Lipinski definition) is 2. The van der Waals surface area contributed by atoms with Gasteiger partial charge in [-0.2, -0.15) is 0 Å². The zero-order valence-electron chi connectivity index (χ0n) is 19.4. The number of aryl methyl sites for hydroxylation is 1. The maximum Gasteiger partial charge on any atom is 0.237 e. The van der Waals surface area contributed by atoms with Crippen LogP contribution in [-0.2, 0) is 11.3 Å². The zero-order valence-corrected chi connectivity index (χ0v) is 19.4. The van der Waals surface area contributed by atoms with Crippen molar-refractivity contribution in [2.75, 3.05) is 33.8 Å². The smallest absolute Gasteiger partial charge is 0.237 e. The molecule has 2 saturated heterocycles. The van der Waals surface area contributed by atoms with Crippen molar-refractivity contribution in [3.8, 4) is 5.75 Å². The molecule has 0 bridgehead atoms. The molecule has 2 N–H and O–H groups in total. The van der Waals surface area contributed by atoms with E-state index in [1.54, 1.807) is 7.11 Å². The van der Waals surface area contributed by atoms with Crippen LogP contribution < -0.4 is 15.6 Å². The van der Waals surface area contributed by atoms with Crippen LogP contribution in [0.5, 0.6) is 5.75 Å². The molecule has 7 heteroatoms. The predicted molar refractivity (Wildman–Crippen MR) is 125 cm³/mol. The molecule has 0 saturated carbocycles. The van der Waals surface area contributed by atoms with Crippen molar-refractivity contribution in [2.24, 2.45) is 0 Å². The number of pyridine rings is 1. The number of hydrogen-bond acceptors (Lipinski definition) is 6. The predicted octanol–water partition coefficient (Wildman–Crippen LogP) is 2.47. The Labute approximate surface area is 191 Å². The summed E-state index contributed by atoms with van der Waals surface area (Å²) in [6, 6.07) is 10.6. The highest BCUT2D eigenvalue weighted by Gasteiger charge is 2.40. The van der Waals surface area contributed by atoms with Gasteiger partial charge in [-0.3, -0.25) is 25.5 Å². The Kier molecular flexibility index (Phi) is 7.40. The third-order valence-electron chi connectivity index (χ3n) is 6.79. The first-order valence-corrected chi connectivity index (χ1v) is 11.6. The van der Waals surface area contributed by atoms with Crippen LogP contribution in [0.25, 0.3) is 0 Å². The van der Waals surface area contributed by atoms with Crippen LogP contribution in [0.1, 0.15) is 41.9 Å². The minimum Gasteiger partial charge on any atom is -0.497 e. The first-order chi connectivity index (χ1) is 15.6. The Hall–Kier alpha value is -2.48. The van der Waals surface area contributed by atoms with Crippen LogP contribution in [0, 0.1) is 6.92 Å². The number of methoxy groups -OCH3 is 1. The van der Waals surface area contributed by atoms with Gasteiger partial charge in [0.2, 0.25) is 5.91 Å². The van der Waals surface area contributed by atoms with Gasteiger partial charge in [0, 0.05) is 50.0 Å². The number of amides is 1. The Balaban J connectivity index is 1.43. The number of likely N-dealkylation sites (tertiary alicyclic amines) is 1. The molecule has 1 amide bonds. The van der Waals surface area contributed by atoms with Crippen molar-refractivity contribution >= 4 is 5.91 Å². The highest BCUT2D eigenvalue weighted by atomic mass is 16.5. The van der Waals surface area contributed by atoms with Crippen molar-refractivity contribution in [1.29, 1.82) is 0 Å². The third kappa shape index (κ3) is 5.11. The number of benzene rings is 1. The lowest BCUT2D eigenvalue weighted by Crippen LogP contribution is -2.56. The van der Waals surface area contributed by atoms with Crippen LogP contribution in [0.4, 0.5) is 0 Å². The van der Waals surface area contributed by atoms with Crippen molar-refractivity contribution < 1.29 is 9.53 Å². The summed E-state index contributed by atoms with van der Waals surface area (Å²) in [7, 11) is 3.68. The van der Waals surface area contributed by atoms with Gasteiger partial charge in [-0.05, 0) is 68.1 Å². The van der Waals surface area contributed by atoms with E-state index >= 15 is 0 Å². The molecular weight excluding hydrogens is 402 g/mol. The molecule has 2 fully saturated rings. The van der Waals surface area contributed by atoms with E-state index < -0.39 is 0 Å². The standard InChI is InChI=1S/C25H35N5O2/c1-18-14-26-12-11-21(18)22-15-27-28-25(22)23-6-4-5-13-30(23)24(31)17-29(2)16-19-7-9-20(32-3)10-8-19/h7-12,14,22-23,25,27-28H,4-6,13,15-17H2,1-3H3. The summed E-state index contributed by atoms with van der Waals surface area (Å²) >= 11 is 0. The number of nitrogens with one attached hydrogen (secondary N) is 2. The number of rotatable bonds is 7. The first-order valence-electron chi connectivity index (χ1n) is 11.6. The summed E-state index contributed by atoms with van der Waals surface area (Å²) in [5, 5.41) is 0. The largest absolute Gasteiger partial charge is 0.497 e. The molecule has 1 aromatic carbocycles. The van der Waals surface area contributed by atoms with Gasteiger partial charge in [0.1, 0.15) is 5.75 Å². The number of aromatic nitrogens is 1. The Bertz CT molecular complexity index is 903. The summed E-state index contributed by atoms with van der Waals surface area (Å²) in [5.41, 5.74) is 10.6. The molecule has 2 aromatic rings. The fourth-order valence-corrected chi connectivity index (χ4v) is 5.14. The lowest BCUT2D eigenvalue weighted by Gasteiger charge is -2.41. The van der Waals surface area contributed by atoms with Crippen LogP contribution in [0.2, 0.25) is 0 Å². The van der Waals surface area contributed by atoms with Crippen molar-refractivity contribution in [3.63, 3.8) is 0 Å². The molecule has 0 aliphatic carbocycles. The minimum absolute atomic E-state index is 0.193. The average molecular weight is 438 g/mol. The van der Waals surface area contributed by atoms with E-state index in [4.69, 9.17) is 4.74 Å². The summed E-state index contributed by atoms with van der Waals surface area (Å²) in [6.07, 6.45) is 7.08. The van der Waals surface area contributed by atoms with Gasteiger partial charge in [-0.1, -0.05) is 12.1 Å². The third-order valence-corrected chi connectivity index (χ3v) is 6.79. The van der Waals surface area contributed by atoms with Crippen LogP contribution >= 0.6 is 0 Å². The average Bonchev–Trinajstić information content (AvgIpc) is 3.29. The molecule has 32 heavy (non-hydrogen) atoms. The van der Waals surface area contributed by atoms with Crippen molar-refractivity contribution in [3.05, 3.63) is 59.4 Å². The number of likely N-dealkylation sites (N-methyl/N-ethyl adjacent to an activating group) is 1. The molecule has 3 atom stereocenters. The fourth-order valence-electron chi connectivity index (χ4n) is 5.14. The second-order valence-corrected chi connectivity index (χ2v) is 9.06. The molecule has 3 heterocycles. The summed E-state index contributed by atoms with van der Waals surface area (Å²) in [5.74, 6) is 1.39. The van der Waals surface area contributed by atoms with Crippen molar-refractivity contribution in [1.82, 2.24) is 25.6 Å². The molecule has 0 radical (unpaired) electrons. The normalized spacial score (nSPS) is 23.5. The van der Waals surface area contributed by atoms with E-state index in [1.165, 1.54) is 16.7 Å². The molecule has 7 nitrogen and oxygen atoms in total. The van der Waals surface area contributed by atoms with Gasteiger partial charge in [0.05, 0.1) is 13.7 Å². The number of carbonyl (C=O) groups excluding carboxylic acids is 1. The molecule has 2 aliphatic heterocycles. The van der Waals surface area contributed by atoms with Gasteiger partial charge in [-0.15, -0.1) is 0 Å². The van der Waals surface area contributed by atoms with Gasteiger partial charge in [0.25, 0.3) is 0 Å².